The van der Waals surface area contributed by atoms with E-state index >= 15 is 0 Å². The molecule has 2 unspecified atom stereocenters. The van der Waals surface area contributed by atoms with Gasteiger partial charge in [0.2, 0.25) is 0 Å². The van der Waals surface area contributed by atoms with Crippen molar-refractivity contribution in [1.29, 1.82) is 0 Å². The van der Waals surface area contributed by atoms with E-state index in [9.17, 15) is 4.79 Å². The summed E-state index contributed by atoms with van der Waals surface area (Å²) in [4.78, 5) is 12.8. The van der Waals surface area contributed by atoms with Crippen molar-refractivity contribution in [2.24, 2.45) is 0 Å². The van der Waals surface area contributed by atoms with Gasteiger partial charge in [-0.2, -0.15) is 0 Å². The van der Waals surface area contributed by atoms with E-state index < -0.39 is 5.97 Å². The number of aliphatic carboxylic acids is 1. The number of anilines is 1. The molecule has 18 heavy (non-hydrogen) atoms. The number of carboxylic acid groups (broad SMARTS) is 1. The van der Waals surface area contributed by atoms with Crippen LogP contribution in [-0.4, -0.2) is 36.9 Å². The highest BCUT2D eigenvalue weighted by molar-refractivity contribution is 5.74. The molecule has 0 aliphatic heterocycles. The topological polar surface area (TPSA) is 49.8 Å². The van der Waals surface area contributed by atoms with Crippen LogP contribution in [0.15, 0.2) is 24.3 Å². The summed E-state index contributed by atoms with van der Waals surface area (Å²) in [5.74, 6) is -0.842. The van der Waals surface area contributed by atoms with E-state index in [-0.39, 0.29) is 18.7 Å². The van der Waals surface area contributed by atoms with Crippen molar-refractivity contribution < 1.29 is 14.6 Å². The van der Waals surface area contributed by atoms with Crippen LogP contribution in [0.4, 0.5) is 5.69 Å². The Hall–Kier alpha value is -1.55. The molecule has 0 radical (unpaired) electrons. The van der Waals surface area contributed by atoms with E-state index in [2.05, 4.69) is 0 Å². The molecule has 0 saturated heterocycles. The van der Waals surface area contributed by atoms with Gasteiger partial charge in [-0.05, 0) is 32.9 Å². The molecule has 0 bridgehead atoms. The maximum atomic E-state index is 11.0. The molecule has 4 heteroatoms. The minimum absolute atomic E-state index is 0.00574. The zero-order valence-corrected chi connectivity index (χ0v) is 11.4. The zero-order valence-electron chi connectivity index (χ0n) is 11.4. The smallest absolute Gasteiger partial charge is 0.323 e. The van der Waals surface area contributed by atoms with Crippen molar-refractivity contribution in [2.45, 2.75) is 32.9 Å². The van der Waals surface area contributed by atoms with Gasteiger partial charge in [0.25, 0.3) is 0 Å². The van der Waals surface area contributed by atoms with E-state index in [0.29, 0.717) is 0 Å². The van der Waals surface area contributed by atoms with Crippen molar-refractivity contribution >= 4 is 11.7 Å². The van der Waals surface area contributed by atoms with Gasteiger partial charge < -0.3 is 14.7 Å². The minimum atomic E-state index is -0.842. The fraction of sp³-hybridized carbons (Fsp3) is 0.500. The molecule has 0 heterocycles. The lowest BCUT2D eigenvalue weighted by Crippen LogP contribution is -2.44. The van der Waals surface area contributed by atoms with Crippen LogP contribution in [0.3, 0.4) is 0 Å². The van der Waals surface area contributed by atoms with Gasteiger partial charge in [0.1, 0.15) is 6.54 Å². The van der Waals surface area contributed by atoms with Crippen LogP contribution in [0, 0.1) is 6.92 Å². The van der Waals surface area contributed by atoms with Crippen LogP contribution >= 0.6 is 0 Å². The number of aryl methyl sites for hydroxylation is 1. The number of benzene rings is 1. The van der Waals surface area contributed by atoms with Crippen molar-refractivity contribution in [3.05, 3.63) is 29.8 Å². The monoisotopic (exact) mass is 251 g/mol. The lowest BCUT2D eigenvalue weighted by atomic mass is 10.1. The number of hydrogen-bond acceptors (Lipinski definition) is 3. The third kappa shape index (κ3) is 3.74. The first-order valence-electron chi connectivity index (χ1n) is 6.03. The molecule has 0 saturated carbocycles. The Morgan fingerprint density at radius 3 is 2.33 bits per heavy atom. The molecule has 1 rings (SSSR count). The van der Waals surface area contributed by atoms with Crippen LogP contribution in [0.25, 0.3) is 0 Å². The number of methoxy groups -OCH3 is 1. The first-order valence-corrected chi connectivity index (χ1v) is 6.03. The summed E-state index contributed by atoms with van der Waals surface area (Å²) in [6.45, 7) is 5.88. The third-order valence-corrected chi connectivity index (χ3v) is 3.21. The van der Waals surface area contributed by atoms with Crippen molar-refractivity contribution in [3.8, 4) is 0 Å². The van der Waals surface area contributed by atoms with E-state index in [1.54, 1.807) is 7.11 Å². The molecular formula is C14H21NO3. The Bertz CT molecular complexity index is 389. The van der Waals surface area contributed by atoms with Crippen LogP contribution in [-0.2, 0) is 9.53 Å². The molecule has 1 aromatic rings. The van der Waals surface area contributed by atoms with Gasteiger partial charge in [-0.25, -0.2) is 0 Å². The first kappa shape index (κ1) is 14.5. The molecule has 0 spiro atoms. The van der Waals surface area contributed by atoms with Gasteiger partial charge in [-0.15, -0.1) is 0 Å². The van der Waals surface area contributed by atoms with Crippen molar-refractivity contribution in [3.63, 3.8) is 0 Å². The largest absolute Gasteiger partial charge is 0.480 e. The standard InChI is InChI=1S/C14H21NO3/c1-10-5-7-13(8-6-10)15(9-14(16)17)11(2)12(3)18-4/h5-8,11-12H,9H2,1-4H3,(H,16,17). The number of carbonyl (C=O) groups is 1. The molecule has 2 atom stereocenters. The molecule has 1 aromatic carbocycles. The summed E-state index contributed by atoms with van der Waals surface area (Å²) in [6.07, 6.45) is -0.0364. The Kier molecular flexibility index (Phi) is 5.16. The lowest BCUT2D eigenvalue weighted by molar-refractivity contribution is -0.135. The summed E-state index contributed by atoms with van der Waals surface area (Å²) in [5.41, 5.74) is 2.06. The Balaban J connectivity index is 2.97. The highest BCUT2D eigenvalue weighted by Gasteiger charge is 2.22. The van der Waals surface area contributed by atoms with E-state index in [0.717, 1.165) is 11.3 Å². The van der Waals surface area contributed by atoms with Crippen LogP contribution in [0.1, 0.15) is 19.4 Å². The quantitative estimate of drug-likeness (QED) is 0.843. The number of rotatable bonds is 6. The Morgan fingerprint density at radius 2 is 1.89 bits per heavy atom. The lowest BCUT2D eigenvalue weighted by Gasteiger charge is -2.33. The van der Waals surface area contributed by atoms with E-state index in [4.69, 9.17) is 9.84 Å². The normalized spacial score (nSPS) is 14.0. The number of carboxylic acids is 1. The summed E-state index contributed by atoms with van der Waals surface area (Å²) in [6, 6.07) is 7.84. The second-order valence-electron chi connectivity index (χ2n) is 4.54. The molecule has 1 N–H and O–H groups in total. The summed E-state index contributed by atoms with van der Waals surface area (Å²) < 4.78 is 5.29. The molecule has 0 fully saturated rings. The maximum absolute atomic E-state index is 11.0. The predicted octanol–water partition coefficient (Wildman–Crippen LogP) is 2.31. The zero-order chi connectivity index (χ0) is 13.7. The van der Waals surface area contributed by atoms with E-state index in [1.807, 2.05) is 49.9 Å². The van der Waals surface area contributed by atoms with Crippen molar-refractivity contribution in [2.75, 3.05) is 18.6 Å². The molecule has 0 aliphatic rings. The first-order chi connectivity index (χ1) is 8.45. The van der Waals surface area contributed by atoms with Gasteiger partial charge in [0.15, 0.2) is 0 Å². The van der Waals surface area contributed by atoms with Gasteiger partial charge in [0.05, 0.1) is 12.1 Å². The van der Waals surface area contributed by atoms with Gasteiger partial charge >= 0.3 is 5.97 Å². The minimum Gasteiger partial charge on any atom is -0.480 e. The third-order valence-electron chi connectivity index (χ3n) is 3.21. The average Bonchev–Trinajstić information content (AvgIpc) is 2.35. The second kappa shape index (κ2) is 6.40. The Labute approximate surface area is 108 Å². The van der Waals surface area contributed by atoms with Crippen LogP contribution in [0.5, 0.6) is 0 Å². The van der Waals surface area contributed by atoms with Gasteiger partial charge in [0, 0.05) is 12.8 Å². The molecule has 100 valence electrons. The van der Waals surface area contributed by atoms with Crippen molar-refractivity contribution in [1.82, 2.24) is 0 Å². The molecule has 0 amide bonds. The highest BCUT2D eigenvalue weighted by atomic mass is 16.5. The molecule has 0 aromatic heterocycles. The summed E-state index contributed by atoms with van der Waals surface area (Å²) in [7, 11) is 1.63. The summed E-state index contributed by atoms with van der Waals surface area (Å²) in [5, 5.41) is 9.02. The highest BCUT2D eigenvalue weighted by Crippen LogP contribution is 2.20. The molecular weight excluding hydrogens is 230 g/mol. The molecule has 0 aliphatic carbocycles. The van der Waals surface area contributed by atoms with Crippen LogP contribution in [0.2, 0.25) is 0 Å². The number of hydrogen-bond donors (Lipinski definition) is 1. The van der Waals surface area contributed by atoms with Gasteiger partial charge in [-0.3, -0.25) is 4.79 Å². The van der Waals surface area contributed by atoms with E-state index in [1.165, 1.54) is 0 Å². The number of ether oxygens (including phenoxy) is 1. The second-order valence-corrected chi connectivity index (χ2v) is 4.54. The average molecular weight is 251 g/mol. The number of nitrogens with zero attached hydrogens (tertiary/aromatic N) is 1. The summed E-state index contributed by atoms with van der Waals surface area (Å²) >= 11 is 0. The van der Waals surface area contributed by atoms with Crippen LogP contribution < -0.4 is 4.90 Å². The van der Waals surface area contributed by atoms with Gasteiger partial charge in [-0.1, -0.05) is 17.7 Å². The fourth-order valence-electron chi connectivity index (χ4n) is 1.80. The molecule has 4 nitrogen and oxygen atoms in total. The Morgan fingerprint density at radius 1 is 1.33 bits per heavy atom. The fourth-order valence-corrected chi connectivity index (χ4v) is 1.80. The predicted molar refractivity (Wildman–Crippen MR) is 72.1 cm³/mol. The maximum Gasteiger partial charge on any atom is 0.323 e. The SMILES string of the molecule is COC(C)C(C)N(CC(=O)O)c1ccc(C)cc1.